The Kier molecular flexibility index (Phi) is 5.39. The molecule has 2 aromatic rings. The molecule has 0 unspecified atom stereocenters. The van der Waals surface area contributed by atoms with Crippen LogP contribution >= 0.6 is 0 Å². The van der Waals surface area contributed by atoms with E-state index in [0.29, 0.717) is 24.8 Å². The molecular formula is C20H27N3O4. The molecule has 1 fully saturated rings. The van der Waals surface area contributed by atoms with E-state index >= 15 is 0 Å². The van der Waals surface area contributed by atoms with Crippen molar-refractivity contribution >= 4 is 17.4 Å². The molecule has 0 atom stereocenters. The Morgan fingerprint density at radius 1 is 1.22 bits per heavy atom. The summed E-state index contributed by atoms with van der Waals surface area (Å²) < 4.78 is 12.7. The maximum Gasteiger partial charge on any atom is 0.410 e. The van der Waals surface area contributed by atoms with Gasteiger partial charge in [0, 0.05) is 18.7 Å². The van der Waals surface area contributed by atoms with Gasteiger partial charge in [0.25, 0.3) is 0 Å². The lowest BCUT2D eigenvalue weighted by atomic mass is 9.90. The van der Waals surface area contributed by atoms with Crippen LogP contribution in [0.2, 0.25) is 0 Å². The van der Waals surface area contributed by atoms with Gasteiger partial charge in [-0.05, 0) is 58.6 Å². The first-order chi connectivity index (χ1) is 12.7. The first-order valence-electron chi connectivity index (χ1n) is 9.30. The molecule has 2 aromatic heterocycles. The van der Waals surface area contributed by atoms with Gasteiger partial charge in [-0.25, -0.2) is 9.31 Å². The number of rotatable bonds is 4. The maximum absolute atomic E-state index is 12.2. The summed E-state index contributed by atoms with van der Waals surface area (Å²) in [6.45, 7) is 8.55. The number of piperidine rings is 1. The molecule has 27 heavy (non-hydrogen) atoms. The van der Waals surface area contributed by atoms with Gasteiger partial charge in [-0.3, -0.25) is 4.79 Å². The lowest BCUT2D eigenvalue weighted by Crippen LogP contribution is -2.41. The van der Waals surface area contributed by atoms with E-state index in [1.54, 1.807) is 15.6 Å². The Balaban J connectivity index is 1.65. The lowest BCUT2D eigenvalue weighted by molar-refractivity contribution is -0.118. The molecule has 0 N–H and O–H groups in total. The van der Waals surface area contributed by atoms with Gasteiger partial charge in [0.05, 0.1) is 17.9 Å². The SMILES string of the molecule is CC(=O)COc1ccc2c(C3CCN(C(=O)OC(C)(C)C)CC3)cnn2c1. The minimum Gasteiger partial charge on any atom is -0.484 e. The Hall–Kier alpha value is -2.57. The number of hydrogen-bond donors (Lipinski definition) is 0. The van der Waals surface area contributed by atoms with Crippen molar-refractivity contribution in [3.8, 4) is 5.75 Å². The summed E-state index contributed by atoms with van der Waals surface area (Å²) in [5.41, 5.74) is 1.73. The van der Waals surface area contributed by atoms with Crippen LogP contribution in [0.25, 0.3) is 5.52 Å². The van der Waals surface area contributed by atoms with Gasteiger partial charge < -0.3 is 14.4 Å². The van der Waals surface area contributed by atoms with Crippen LogP contribution in [0.15, 0.2) is 24.5 Å². The molecule has 0 aliphatic carbocycles. The van der Waals surface area contributed by atoms with E-state index in [0.717, 1.165) is 18.4 Å². The fourth-order valence-electron chi connectivity index (χ4n) is 3.27. The molecular weight excluding hydrogens is 346 g/mol. The van der Waals surface area contributed by atoms with Crippen LogP contribution in [0.1, 0.15) is 52.0 Å². The van der Waals surface area contributed by atoms with Gasteiger partial charge in [0.15, 0.2) is 5.78 Å². The van der Waals surface area contributed by atoms with Crippen molar-refractivity contribution < 1.29 is 19.1 Å². The van der Waals surface area contributed by atoms with Crippen LogP contribution < -0.4 is 4.74 Å². The Morgan fingerprint density at radius 3 is 2.56 bits per heavy atom. The lowest BCUT2D eigenvalue weighted by Gasteiger charge is -2.33. The summed E-state index contributed by atoms with van der Waals surface area (Å²) >= 11 is 0. The molecule has 3 rings (SSSR count). The normalized spacial score (nSPS) is 15.8. The van der Waals surface area contributed by atoms with E-state index in [2.05, 4.69) is 5.10 Å². The number of pyridine rings is 1. The zero-order valence-electron chi connectivity index (χ0n) is 16.4. The minimum absolute atomic E-state index is 0.0204. The number of amides is 1. The predicted molar refractivity (Wildman–Crippen MR) is 101 cm³/mol. The predicted octanol–water partition coefficient (Wildman–Crippen LogP) is 3.42. The number of aromatic nitrogens is 2. The Labute approximate surface area is 159 Å². The fourth-order valence-corrected chi connectivity index (χ4v) is 3.27. The molecule has 0 radical (unpaired) electrons. The molecule has 7 nitrogen and oxygen atoms in total. The molecule has 1 amide bonds. The van der Waals surface area contributed by atoms with Crippen LogP contribution in [0.3, 0.4) is 0 Å². The summed E-state index contributed by atoms with van der Waals surface area (Å²) in [5.74, 6) is 0.949. The number of fused-ring (bicyclic) bond motifs is 1. The number of Topliss-reactive ketones (excluding diaryl/α,β-unsaturated/α-hetero) is 1. The third kappa shape index (κ3) is 4.78. The average Bonchev–Trinajstić information content (AvgIpc) is 3.01. The molecule has 1 aliphatic rings. The van der Waals surface area contributed by atoms with Crippen molar-refractivity contribution in [2.75, 3.05) is 19.7 Å². The van der Waals surface area contributed by atoms with E-state index in [-0.39, 0.29) is 18.5 Å². The summed E-state index contributed by atoms with van der Waals surface area (Å²) in [7, 11) is 0. The minimum atomic E-state index is -0.474. The van der Waals surface area contributed by atoms with E-state index in [9.17, 15) is 9.59 Å². The Bertz CT molecular complexity index is 829. The molecule has 0 saturated carbocycles. The number of ether oxygens (including phenoxy) is 2. The van der Waals surface area contributed by atoms with E-state index < -0.39 is 5.60 Å². The van der Waals surface area contributed by atoms with Crippen molar-refractivity contribution in [3.05, 3.63) is 30.1 Å². The highest BCUT2D eigenvalue weighted by molar-refractivity contribution is 5.77. The fraction of sp³-hybridized carbons (Fsp3) is 0.550. The third-order valence-electron chi connectivity index (χ3n) is 4.55. The van der Waals surface area contributed by atoms with E-state index in [4.69, 9.17) is 9.47 Å². The van der Waals surface area contributed by atoms with Gasteiger partial charge in [0.1, 0.15) is 18.0 Å². The number of carbonyl (C=O) groups is 2. The van der Waals surface area contributed by atoms with Crippen LogP contribution in [0.4, 0.5) is 4.79 Å². The van der Waals surface area contributed by atoms with Crippen LogP contribution in [0, 0.1) is 0 Å². The summed E-state index contributed by atoms with van der Waals surface area (Å²) in [6, 6.07) is 3.83. The highest BCUT2D eigenvalue weighted by atomic mass is 16.6. The first kappa shape index (κ1) is 19.2. The van der Waals surface area contributed by atoms with Gasteiger partial charge in [-0.1, -0.05) is 0 Å². The smallest absolute Gasteiger partial charge is 0.410 e. The third-order valence-corrected chi connectivity index (χ3v) is 4.55. The second-order valence-corrected chi connectivity index (χ2v) is 8.03. The monoisotopic (exact) mass is 373 g/mol. The second kappa shape index (κ2) is 7.58. The molecule has 0 bridgehead atoms. The molecule has 0 spiro atoms. The van der Waals surface area contributed by atoms with E-state index in [1.807, 2.05) is 39.1 Å². The number of likely N-dealkylation sites (tertiary alicyclic amines) is 1. The van der Waals surface area contributed by atoms with Crippen molar-refractivity contribution in [3.63, 3.8) is 0 Å². The van der Waals surface area contributed by atoms with Crippen molar-refractivity contribution in [1.29, 1.82) is 0 Å². The van der Waals surface area contributed by atoms with Gasteiger partial charge >= 0.3 is 6.09 Å². The topological polar surface area (TPSA) is 73.1 Å². The number of hydrogen-bond acceptors (Lipinski definition) is 5. The first-order valence-corrected chi connectivity index (χ1v) is 9.30. The Morgan fingerprint density at radius 2 is 1.93 bits per heavy atom. The zero-order valence-corrected chi connectivity index (χ0v) is 16.4. The van der Waals surface area contributed by atoms with Crippen molar-refractivity contribution in [1.82, 2.24) is 14.5 Å². The number of ketones is 1. The standard InChI is InChI=1S/C20H27N3O4/c1-14(24)13-26-16-5-6-18-17(11-21-23(18)12-16)15-7-9-22(10-8-15)19(25)27-20(2,3)4/h5-6,11-12,15H,7-10,13H2,1-4H3. The van der Waals surface area contributed by atoms with Crippen LogP contribution in [0.5, 0.6) is 5.75 Å². The average molecular weight is 373 g/mol. The number of nitrogens with zero attached hydrogens (tertiary/aromatic N) is 3. The summed E-state index contributed by atoms with van der Waals surface area (Å²) in [5, 5.41) is 4.43. The zero-order chi connectivity index (χ0) is 19.6. The highest BCUT2D eigenvalue weighted by Gasteiger charge is 2.28. The van der Waals surface area contributed by atoms with Crippen LogP contribution in [-0.4, -0.2) is 51.7 Å². The van der Waals surface area contributed by atoms with Crippen LogP contribution in [-0.2, 0) is 9.53 Å². The van der Waals surface area contributed by atoms with E-state index in [1.165, 1.54) is 12.5 Å². The molecule has 1 saturated heterocycles. The molecule has 7 heteroatoms. The van der Waals surface area contributed by atoms with Gasteiger partial charge in [-0.15, -0.1) is 0 Å². The molecule has 3 heterocycles. The number of carbonyl (C=O) groups excluding carboxylic acids is 2. The van der Waals surface area contributed by atoms with Gasteiger partial charge in [0.2, 0.25) is 0 Å². The summed E-state index contributed by atoms with van der Waals surface area (Å²) in [4.78, 5) is 25.1. The highest BCUT2D eigenvalue weighted by Crippen LogP contribution is 2.32. The maximum atomic E-state index is 12.2. The summed E-state index contributed by atoms with van der Waals surface area (Å²) in [6.07, 6.45) is 5.19. The second-order valence-electron chi connectivity index (χ2n) is 8.03. The molecule has 1 aliphatic heterocycles. The van der Waals surface area contributed by atoms with Crippen molar-refractivity contribution in [2.24, 2.45) is 0 Å². The molecule has 146 valence electrons. The molecule has 0 aromatic carbocycles. The van der Waals surface area contributed by atoms with Gasteiger partial charge in [-0.2, -0.15) is 5.10 Å². The van der Waals surface area contributed by atoms with Crippen molar-refractivity contribution in [2.45, 2.75) is 52.1 Å². The quantitative estimate of drug-likeness (QED) is 0.821. The largest absolute Gasteiger partial charge is 0.484 e.